The van der Waals surface area contributed by atoms with Crippen LogP contribution in [0.25, 0.3) is 0 Å². The number of hydrogen-bond donors (Lipinski definition) is 1. The molecule has 1 aliphatic rings. The van der Waals surface area contributed by atoms with Gasteiger partial charge in [-0.15, -0.1) is 0 Å². The van der Waals surface area contributed by atoms with Crippen LogP contribution in [-0.2, 0) is 21.2 Å². The summed E-state index contributed by atoms with van der Waals surface area (Å²) >= 11 is 0. The van der Waals surface area contributed by atoms with Crippen molar-refractivity contribution < 1.29 is 17.6 Å². The standard InChI is InChI=1S/C19H24N2O4S/c1-14-5-6-15(2)18(10-14)20-19(22)12-21(11-17-4-3-8-25-17)16-7-9-26(23,24)13-16/h3-6,8,10,16H,7,9,11-13H2,1-2H3,(H,20,22)/t16-/m1/s1. The zero-order chi connectivity index (χ0) is 18.7. The molecule has 2 heterocycles. The van der Waals surface area contributed by atoms with Crippen LogP contribution < -0.4 is 5.32 Å². The highest BCUT2D eigenvalue weighted by Gasteiger charge is 2.33. The van der Waals surface area contributed by atoms with Crippen LogP contribution in [0.3, 0.4) is 0 Å². The molecule has 0 bridgehead atoms. The van der Waals surface area contributed by atoms with E-state index in [1.54, 1.807) is 12.3 Å². The predicted molar refractivity (Wildman–Crippen MR) is 101 cm³/mol. The minimum Gasteiger partial charge on any atom is -0.468 e. The minimum absolute atomic E-state index is 0.0878. The van der Waals surface area contributed by atoms with Gasteiger partial charge in [-0.05, 0) is 49.6 Å². The van der Waals surface area contributed by atoms with Crippen LogP contribution in [0.5, 0.6) is 0 Å². The summed E-state index contributed by atoms with van der Waals surface area (Å²) in [4.78, 5) is 14.5. The zero-order valence-electron chi connectivity index (χ0n) is 15.1. The summed E-state index contributed by atoms with van der Waals surface area (Å²) in [5.41, 5.74) is 2.84. The maximum absolute atomic E-state index is 12.6. The van der Waals surface area contributed by atoms with E-state index in [1.807, 2.05) is 43.0 Å². The van der Waals surface area contributed by atoms with E-state index in [1.165, 1.54) is 0 Å². The maximum Gasteiger partial charge on any atom is 0.238 e. The average Bonchev–Trinajstić information content (AvgIpc) is 3.19. The summed E-state index contributed by atoms with van der Waals surface area (Å²) in [5, 5.41) is 2.94. The Morgan fingerprint density at radius 1 is 1.31 bits per heavy atom. The van der Waals surface area contributed by atoms with Gasteiger partial charge in [0.25, 0.3) is 0 Å². The lowest BCUT2D eigenvalue weighted by atomic mass is 10.1. The molecule has 1 fully saturated rings. The van der Waals surface area contributed by atoms with Crippen LogP contribution in [-0.4, -0.2) is 43.3 Å². The molecule has 140 valence electrons. The summed E-state index contributed by atoms with van der Waals surface area (Å²) in [7, 11) is -3.03. The molecule has 1 aromatic carbocycles. The molecular weight excluding hydrogens is 352 g/mol. The molecule has 0 radical (unpaired) electrons. The van der Waals surface area contributed by atoms with Gasteiger partial charge < -0.3 is 9.73 Å². The van der Waals surface area contributed by atoms with Crippen molar-refractivity contribution in [2.45, 2.75) is 32.9 Å². The van der Waals surface area contributed by atoms with Crippen molar-refractivity contribution in [3.63, 3.8) is 0 Å². The predicted octanol–water partition coefficient (Wildman–Crippen LogP) is 2.52. The molecule has 0 aliphatic carbocycles. The Hall–Kier alpha value is -2.12. The molecular formula is C19H24N2O4S. The highest BCUT2D eigenvalue weighted by atomic mass is 32.2. The molecule has 1 saturated heterocycles. The lowest BCUT2D eigenvalue weighted by molar-refractivity contribution is -0.118. The number of furan rings is 1. The largest absolute Gasteiger partial charge is 0.468 e. The number of nitrogens with zero attached hydrogens (tertiary/aromatic N) is 1. The Bertz CT molecular complexity index is 875. The zero-order valence-corrected chi connectivity index (χ0v) is 15.9. The number of carbonyl (C=O) groups is 1. The number of hydrogen-bond acceptors (Lipinski definition) is 5. The number of carbonyl (C=O) groups excluding carboxylic acids is 1. The van der Waals surface area contributed by atoms with Crippen molar-refractivity contribution in [2.24, 2.45) is 0 Å². The summed E-state index contributed by atoms with van der Waals surface area (Å²) in [6.45, 7) is 4.45. The second kappa shape index (κ2) is 7.63. The molecule has 1 aliphatic heterocycles. The van der Waals surface area contributed by atoms with Gasteiger partial charge in [0.1, 0.15) is 5.76 Å². The van der Waals surface area contributed by atoms with Crippen LogP contribution in [0.4, 0.5) is 5.69 Å². The van der Waals surface area contributed by atoms with Crippen molar-refractivity contribution in [1.82, 2.24) is 4.90 Å². The monoisotopic (exact) mass is 376 g/mol. The Morgan fingerprint density at radius 2 is 2.12 bits per heavy atom. The fourth-order valence-corrected chi connectivity index (χ4v) is 4.99. The van der Waals surface area contributed by atoms with Crippen molar-refractivity contribution in [3.8, 4) is 0 Å². The number of aryl methyl sites for hydroxylation is 2. The lowest BCUT2D eigenvalue weighted by Gasteiger charge is -2.26. The van der Waals surface area contributed by atoms with Gasteiger partial charge >= 0.3 is 0 Å². The molecule has 1 atom stereocenters. The van der Waals surface area contributed by atoms with Crippen molar-refractivity contribution in [2.75, 3.05) is 23.4 Å². The smallest absolute Gasteiger partial charge is 0.238 e. The number of amides is 1. The number of anilines is 1. The Kier molecular flexibility index (Phi) is 5.48. The third-order valence-electron chi connectivity index (χ3n) is 4.68. The molecule has 1 amide bonds. The quantitative estimate of drug-likeness (QED) is 0.838. The van der Waals surface area contributed by atoms with Gasteiger partial charge in [0.05, 0.1) is 30.9 Å². The fourth-order valence-electron chi connectivity index (χ4n) is 3.22. The summed E-state index contributed by atoms with van der Waals surface area (Å²) in [6.07, 6.45) is 2.12. The van der Waals surface area contributed by atoms with E-state index in [2.05, 4.69) is 5.32 Å². The normalized spacial score (nSPS) is 19.0. The van der Waals surface area contributed by atoms with E-state index in [-0.39, 0.29) is 30.0 Å². The number of rotatable bonds is 6. The highest BCUT2D eigenvalue weighted by Crippen LogP contribution is 2.21. The SMILES string of the molecule is Cc1ccc(C)c(NC(=O)CN(Cc2ccco2)[C@@H]2CCS(=O)(=O)C2)c1. The number of sulfone groups is 1. The van der Waals surface area contributed by atoms with Gasteiger partial charge in [0, 0.05) is 11.7 Å². The molecule has 1 aromatic heterocycles. The Morgan fingerprint density at radius 3 is 2.77 bits per heavy atom. The van der Waals surface area contributed by atoms with Crippen LogP contribution in [0.2, 0.25) is 0 Å². The molecule has 3 rings (SSSR count). The van der Waals surface area contributed by atoms with E-state index in [4.69, 9.17) is 4.42 Å². The Labute approximate surface area is 154 Å². The van der Waals surface area contributed by atoms with Crippen molar-refractivity contribution in [1.29, 1.82) is 0 Å². The first-order valence-corrected chi connectivity index (χ1v) is 10.5. The fraction of sp³-hybridized carbons (Fsp3) is 0.421. The first-order chi connectivity index (χ1) is 12.3. The van der Waals surface area contributed by atoms with Gasteiger partial charge in [0.2, 0.25) is 5.91 Å². The minimum atomic E-state index is -3.03. The van der Waals surface area contributed by atoms with Gasteiger partial charge in [0.15, 0.2) is 9.84 Å². The first-order valence-electron chi connectivity index (χ1n) is 8.66. The first kappa shape index (κ1) is 18.7. The highest BCUT2D eigenvalue weighted by molar-refractivity contribution is 7.91. The second-order valence-electron chi connectivity index (χ2n) is 6.91. The Balaban J connectivity index is 1.72. The third kappa shape index (κ3) is 4.74. The molecule has 0 unspecified atom stereocenters. The summed E-state index contributed by atoms with van der Waals surface area (Å²) in [6, 6.07) is 9.35. The van der Waals surface area contributed by atoms with Crippen molar-refractivity contribution >= 4 is 21.4 Å². The number of nitrogens with one attached hydrogen (secondary N) is 1. The van der Waals surface area contributed by atoms with Crippen molar-refractivity contribution in [3.05, 3.63) is 53.5 Å². The van der Waals surface area contributed by atoms with E-state index < -0.39 is 9.84 Å². The third-order valence-corrected chi connectivity index (χ3v) is 6.43. The molecule has 6 nitrogen and oxygen atoms in total. The number of benzene rings is 1. The van der Waals surface area contributed by atoms with Crippen LogP contribution >= 0.6 is 0 Å². The van der Waals surface area contributed by atoms with Gasteiger partial charge in [-0.2, -0.15) is 0 Å². The average molecular weight is 376 g/mol. The van der Waals surface area contributed by atoms with E-state index in [0.717, 1.165) is 16.8 Å². The molecule has 0 saturated carbocycles. The molecule has 26 heavy (non-hydrogen) atoms. The summed E-state index contributed by atoms with van der Waals surface area (Å²) in [5.74, 6) is 0.818. The summed E-state index contributed by atoms with van der Waals surface area (Å²) < 4.78 is 29.1. The molecule has 0 spiro atoms. The van der Waals surface area contributed by atoms with Gasteiger partial charge in [-0.25, -0.2) is 8.42 Å². The molecule has 1 N–H and O–H groups in total. The van der Waals surface area contributed by atoms with E-state index >= 15 is 0 Å². The van der Waals surface area contributed by atoms with E-state index in [9.17, 15) is 13.2 Å². The van der Waals surface area contributed by atoms with Gasteiger partial charge in [-0.1, -0.05) is 12.1 Å². The topological polar surface area (TPSA) is 79.6 Å². The molecule has 7 heteroatoms. The van der Waals surface area contributed by atoms with Crippen LogP contribution in [0.15, 0.2) is 41.0 Å². The van der Waals surface area contributed by atoms with Crippen LogP contribution in [0, 0.1) is 13.8 Å². The van der Waals surface area contributed by atoms with E-state index in [0.29, 0.717) is 18.7 Å². The molecule has 2 aromatic rings. The van der Waals surface area contributed by atoms with Crippen LogP contribution in [0.1, 0.15) is 23.3 Å². The maximum atomic E-state index is 12.6. The second-order valence-corrected chi connectivity index (χ2v) is 9.14. The van der Waals surface area contributed by atoms with Gasteiger partial charge in [-0.3, -0.25) is 9.69 Å². The lowest BCUT2D eigenvalue weighted by Crippen LogP contribution is -2.41.